The van der Waals surface area contributed by atoms with Crippen molar-refractivity contribution in [3.05, 3.63) is 40.2 Å². The van der Waals surface area contributed by atoms with Crippen molar-refractivity contribution in [2.45, 2.75) is 46.3 Å². The maximum absolute atomic E-state index is 12.5. The number of para-hydroxylation sites is 1. The number of hydrogen-bond acceptors (Lipinski definition) is 4. The molecule has 22 heavy (non-hydrogen) atoms. The van der Waals surface area contributed by atoms with Gasteiger partial charge in [0.25, 0.3) is 0 Å². The van der Waals surface area contributed by atoms with E-state index in [1.165, 1.54) is 0 Å². The molecule has 2 aromatic rings. The minimum absolute atomic E-state index is 0.0358. The van der Waals surface area contributed by atoms with Crippen LogP contribution in [0.4, 0.5) is 0 Å². The van der Waals surface area contributed by atoms with Crippen molar-refractivity contribution in [2.75, 3.05) is 6.61 Å². The number of hydrogen-bond donors (Lipinski definition) is 0. The molecule has 118 valence electrons. The third-order valence-electron chi connectivity index (χ3n) is 4.22. The van der Waals surface area contributed by atoms with Crippen LogP contribution in [0.25, 0.3) is 11.0 Å². The molecule has 2 heterocycles. The molecule has 0 fully saturated rings. The number of fused-ring (bicyclic) bond motifs is 3. The van der Waals surface area contributed by atoms with Crippen LogP contribution in [-0.2, 0) is 4.74 Å². The first-order valence-electron chi connectivity index (χ1n) is 7.75. The van der Waals surface area contributed by atoms with Crippen molar-refractivity contribution in [3.63, 3.8) is 0 Å². The monoisotopic (exact) mass is 302 g/mol. The fourth-order valence-corrected chi connectivity index (χ4v) is 3.13. The molecule has 0 bridgehead atoms. The van der Waals surface area contributed by atoms with E-state index in [2.05, 4.69) is 20.8 Å². The van der Waals surface area contributed by atoms with Crippen LogP contribution in [0.5, 0.6) is 5.75 Å². The maximum Gasteiger partial charge on any atom is 0.343 e. The smallest absolute Gasteiger partial charge is 0.343 e. The van der Waals surface area contributed by atoms with E-state index >= 15 is 0 Å². The summed E-state index contributed by atoms with van der Waals surface area (Å²) in [7, 11) is 0. The molecule has 0 radical (unpaired) electrons. The molecule has 2 atom stereocenters. The molecule has 1 aromatic carbocycles. The van der Waals surface area contributed by atoms with Crippen molar-refractivity contribution in [1.82, 2.24) is 0 Å². The lowest BCUT2D eigenvalue weighted by atomic mass is 9.73. The molecule has 3 rings (SSSR count). The molecule has 0 spiro atoms. The van der Waals surface area contributed by atoms with E-state index in [0.717, 1.165) is 5.39 Å². The topological polar surface area (TPSA) is 48.7 Å². The predicted molar refractivity (Wildman–Crippen MR) is 85.3 cm³/mol. The summed E-state index contributed by atoms with van der Waals surface area (Å²) < 4.78 is 17.2. The maximum atomic E-state index is 12.5. The SMILES string of the molecule is CCO[C@H]1C[C@@H](C(C)(C)C)c2c(c3ccccc3oc2=O)O1. The third-order valence-corrected chi connectivity index (χ3v) is 4.22. The highest BCUT2D eigenvalue weighted by Crippen LogP contribution is 2.47. The van der Waals surface area contributed by atoms with Gasteiger partial charge in [-0.05, 0) is 24.5 Å². The summed E-state index contributed by atoms with van der Waals surface area (Å²) in [5.74, 6) is 0.658. The fraction of sp³-hybridized carbons (Fsp3) is 0.500. The quantitative estimate of drug-likeness (QED) is 0.785. The Labute approximate surface area is 130 Å². The number of benzene rings is 1. The van der Waals surface area contributed by atoms with E-state index in [9.17, 15) is 4.79 Å². The van der Waals surface area contributed by atoms with Crippen molar-refractivity contribution in [3.8, 4) is 5.75 Å². The van der Waals surface area contributed by atoms with Crippen LogP contribution in [0.1, 0.15) is 45.6 Å². The van der Waals surface area contributed by atoms with Crippen LogP contribution in [0, 0.1) is 5.41 Å². The van der Waals surface area contributed by atoms with E-state index in [1.54, 1.807) is 6.07 Å². The zero-order valence-corrected chi connectivity index (χ0v) is 13.5. The van der Waals surface area contributed by atoms with Gasteiger partial charge in [0, 0.05) is 18.9 Å². The molecule has 0 saturated heterocycles. The largest absolute Gasteiger partial charge is 0.464 e. The van der Waals surface area contributed by atoms with E-state index in [0.29, 0.717) is 29.9 Å². The van der Waals surface area contributed by atoms with Crippen LogP contribution >= 0.6 is 0 Å². The molecule has 0 saturated carbocycles. The van der Waals surface area contributed by atoms with Gasteiger partial charge in [-0.15, -0.1) is 0 Å². The van der Waals surface area contributed by atoms with Gasteiger partial charge in [0.1, 0.15) is 11.3 Å². The molecule has 1 aliphatic heterocycles. The molecule has 0 N–H and O–H groups in total. The Morgan fingerprint density at radius 1 is 1.27 bits per heavy atom. The van der Waals surface area contributed by atoms with Gasteiger partial charge < -0.3 is 13.9 Å². The Kier molecular flexibility index (Phi) is 3.73. The van der Waals surface area contributed by atoms with Crippen LogP contribution in [-0.4, -0.2) is 12.9 Å². The Morgan fingerprint density at radius 3 is 2.68 bits per heavy atom. The lowest BCUT2D eigenvalue weighted by Gasteiger charge is -2.38. The summed E-state index contributed by atoms with van der Waals surface area (Å²) >= 11 is 0. The summed E-state index contributed by atoms with van der Waals surface area (Å²) in [6, 6.07) is 7.48. The predicted octanol–water partition coefficient (Wildman–Crippen LogP) is 4.07. The Bertz CT molecular complexity index is 739. The van der Waals surface area contributed by atoms with Gasteiger partial charge in [-0.25, -0.2) is 4.79 Å². The van der Waals surface area contributed by atoms with Gasteiger partial charge in [0.15, 0.2) is 6.29 Å². The normalized spacial score (nSPS) is 21.5. The third kappa shape index (κ3) is 2.52. The second kappa shape index (κ2) is 5.43. The molecule has 0 unspecified atom stereocenters. The van der Waals surface area contributed by atoms with Crippen molar-refractivity contribution in [1.29, 1.82) is 0 Å². The van der Waals surface area contributed by atoms with Crippen LogP contribution in [0.2, 0.25) is 0 Å². The Hall–Kier alpha value is -1.81. The molecule has 4 heteroatoms. The second-order valence-electron chi connectivity index (χ2n) is 6.79. The Balaban J connectivity index is 2.25. The number of ether oxygens (including phenoxy) is 2. The average Bonchev–Trinajstić information content (AvgIpc) is 2.46. The number of rotatable bonds is 2. The van der Waals surface area contributed by atoms with Gasteiger partial charge in [0.05, 0.1) is 10.9 Å². The summed E-state index contributed by atoms with van der Waals surface area (Å²) in [6.07, 6.45) is 0.333. The zero-order chi connectivity index (χ0) is 15.9. The molecule has 0 aliphatic carbocycles. The fourth-order valence-electron chi connectivity index (χ4n) is 3.13. The highest BCUT2D eigenvalue weighted by atomic mass is 16.7. The lowest BCUT2D eigenvalue weighted by Crippen LogP contribution is -2.36. The van der Waals surface area contributed by atoms with Gasteiger partial charge in [-0.3, -0.25) is 0 Å². The van der Waals surface area contributed by atoms with Gasteiger partial charge >= 0.3 is 5.63 Å². The standard InChI is InChI=1S/C18H22O4/c1-5-20-14-10-12(18(2,3)4)15-16(22-14)11-8-6-7-9-13(11)21-17(15)19/h6-9,12,14H,5,10H2,1-4H3/t12-,14-/m1/s1. The molecule has 1 aliphatic rings. The molecule has 1 aromatic heterocycles. The first kappa shape index (κ1) is 15.1. The molecular formula is C18H22O4. The van der Waals surface area contributed by atoms with E-state index in [4.69, 9.17) is 13.9 Å². The summed E-state index contributed by atoms with van der Waals surface area (Å²) in [6.45, 7) is 8.91. The molecule has 4 nitrogen and oxygen atoms in total. The van der Waals surface area contributed by atoms with Crippen molar-refractivity contribution in [2.24, 2.45) is 5.41 Å². The summed E-state index contributed by atoms with van der Waals surface area (Å²) in [5, 5.41) is 0.829. The Morgan fingerprint density at radius 2 is 2.00 bits per heavy atom. The summed E-state index contributed by atoms with van der Waals surface area (Å²) in [5.41, 5.74) is 0.812. The van der Waals surface area contributed by atoms with Crippen LogP contribution in [0.3, 0.4) is 0 Å². The summed E-state index contributed by atoms with van der Waals surface area (Å²) in [4.78, 5) is 12.5. The average molecular weight is 302 g/mol. The van der Waals surface area contributed by atoms with Crippen LogP contribution in [0.15, 0.2) is 33.5 Å². The highest BCUT2D eigenvalue weighted by molar-refractivity contribution is 5.84. The van der Waals surface area contributed by atoms with Gasteiger partial charge in [0.2, 0.25) is 0 Å². The van der Waals surface area contributed by atoms with Gasteiger partial charge in [-0.2, -0.15) is 0 Å². The lowest BCUT2D eigenvalue weighted by molar-refractivity contribution is -0.0981. The van der Waals surface area contributed by atoms with Crippen LogP contribution < -0.4 is 10.4 Å². The van der Waals surface area contributed by atoms with Crippen molar-refractivity contribution < 1.29 is 13.9 Å². The van der Waals surface area contributed by atoms with Crippen molar-refractivity contribution >= 4 is 11.0 Å². The minimum Gasteiger partial charge on any atom is -0.464 e. The zero-order valence-electron chi connectivity index (χ0n) is 13.5. The second-order valence-corrected chi connectivity index (χ2v) is 6.79. The van der Waals surface area contributed by atoms with Gasteiger partial charge in [-0.1, -0.05) is 32.9 Å². The highest BCUT2D eigenvalue weighted by Gasteiger charge is 2.39. The van der Waals surface area contributed by atoms with E-state index in [1.807, 2.05) is 25.1 Å². The molecule has 0 amide bonds. The first-order valence-corrected chi connectivity index (χ1v) is 7.75. The van der Waals surface area contributed by atoms with E-state index in [-0.39, 0.29) is 23.2 Å². The molecular weight excluding hydrogens is 280 g/mol. The first-order chi connectivity index (χ1) is 10.4. The minimum atomic E-state index is -0.327. The van der Waals surface area contributed by atoms with E-state index < -0.39 is 0 Å².